The van der Waals surface area contributed by atoms with Crippen LogP contribution < -0.4 is 0 Å². The van der Waals surface area contributed by atoms with Crippen molar-refractivity contribution in [2.45, 2.75) is 39.8 Å². The minimum atomic E-state index is 0. The normalized spacial score (nSPS) is 10.9. The van der Waals surface area contributed by atoms with E-state index < -0.39 is 0 Å². The number of rotatable bonds is 3. The van der Waals surface area contributed by atoms with Crippen LogP contribution in [0.15, 0.2) is 144 Å². The van der Waals surface area contributed by atoms with Gasteiger partial charge in [0.15, 0.2) is 0 Å². The first kappa shape index (κ1) is 35.0. The van der Waals surface area contributed by atoms with E-state index >= 15 is 0 Å². The third-order valence-corrected chi connectivity index (χ3v) is 9.27. The summed E-state index contributed by atoms with van der Waals surface area (Å²) in [5, 5.41) is 10.5. The molecule has 0 saturated carbocycles. The molecule has 0 aromatic heterocycles. The fourth-order valence-electron chi connectivity index (χ4n) is 6.39. The van der Waals surface area contributed by atoms with Gasteiger partial charge in [-0.2, -0.15) is 12.1 Å². The molecule has 230 valence electrons. The molecule has 0 nitrogen and oxygen atoms in total. The maximum atomic E-state index is 3.67. The predicted octanol–water partition coefficient (Wildman–Crippen LogP) is 13.7. The average Bonchev–Trinajstić information content (AvgIpc) is 3.70. The molecule has 3 heteroatoms. The summed E-state index contributed by atoms with van der Waals surface area (Å²) in [7, 11) is 1.08. The fraction of sp³-hybridized carbons (Fsp3) is 0.136. The van der Waals surface area contributed by atoms with Crippen molar-refractivity contribution in [3.63, 3.8) is 0 Å². The van der Waals surface area contributed by atoms with Gasteiger partial charge in [0.1, 0.15) is 0 Å². The zero-order valence-electron chi connectivity index (χ0n) is 27.7. The molecule has 0 atom stereocenters. The first-order valence-electron chi connectivity index (χ1n) is 16.0. The van der Waals surface area contributed by atoms with E-state index in [1.54, 1.807) is 0 Å². The largest absolute Gasteiger partial charge is 2.00 e. The van der Waals surface area contributed by atoms with Gasteiger partial charge in [0.2, 0.25) is 0 Å². The van der Waals surface area contributed by atoms with Gasteiger partial charge in [0, 0.05) is 9.52 Å². The van der Waals surface area contributed by atoms with Gasteiger partial charge in [-0.15, -0.1) is 72.9 Å². The fourth-order valence-corrected chi connectivity index (χ4v) is 6.85. The summed E-state index contributed by atoms with van der Waals surface area (Å²) in [4.78, 5) is 0. The Hall–Kier alpha value is -3.36. The van der Waals surface area contributed by atoms with Crippen molar-refractivity contribution in [2.75, 3.05) is 0 Å². The first-order chi connectivity index (χ1) is 22.4. The van der Waals surface area contributed by atoms with Crippen LogP contribution in [0.25, 0.3) is 65.3 Å². The molecule has 0 unspecified atom stereocenters. The third kappa shape index (κ3) is 7.39. The topological polar surface area (TPSA) is 0 Å². The third-order valence-electron chi connectivity index (χ3n) is 8.58. The molecular weight excluding hydrogens is 728 g/mol. The van der Waals surface area contributed by atoms with E-state index in [2.05, 4.69) is 189 Å². The minimum absolute atomic E-state index is 0. The van der Waals surface area contributed by atoms with Crippen LogP contribution in [-0.2, 0) is 26.2 Å². The molecule has 2 radical (unpaired) electrons. The van der Waals surface area contributed by atoms with Gasteiger partial charge in [-0.3, -0.25) is 0 Å². The molecule has 47 heavy (non-hydrogen) atoms. The van der Waals surface area contributed by atoms with Gasteiger partial charge in [0.25, 0.3) is 0 Å². The number of halogens is 1. The molecule has 0 saturated heterocycles. The van der Waals surface area contributed by atoms with Crippen LogP contribution in [0, 0.1) is 6.92 Å². The monoisotopic (exact) mass is 764 g/mol. The van der Waals surface area contributed by atoms with Crippen molar-refractivity contribution in [3.05, 3.63) is 155 Å². The first-order valence-corrected chi connectivity index (χ1v) is 18.8. The number of aryl methyl sites for hydroxylation is 1. The van der Waals surface area contributed by atoms with Crippen LogP contribution in [0.3, 0.4) is 0 Å². The van der Waals surface area contributed by atoms with Gasteiger partial charge in [-0.25, -0.2) is 0 Å². The van der Waals surface area contributed by atoms with Gasteiger partial charge >= 0.3 is 26.2 Å². The standard InChI is InChI=1S/C22H19.C20H14Br.C2H6Si.Zr/c1-15(2)18-13-17-9-6-12-21(22(17)14-18)20-11-5-8-16-7-3-4-10-19(16)20;1-13-11-18-17(9-10-20(21)19(18)12-13)16-8-4-6-14-5-2-3-7-15(14)16;1-3-2;/h3-15H,1-2H3;2-12H,1H3;1-2H3;/q2*-1;;+2. The second-order valence-corrected chi connectivity index (χ2v) is 14.1. The molecule has 0 bridgehead atoms. The summed E-state index contributed by atoms with van der Waals surface area (Å²) in [6, 6.07) is 50.5. The second kappa shape index (κ2) is 15.7. The molecule has 0 aliphatic rings. The summed E-state index contributed by atoms with van der Waals surface area (Å²) in [5.41, 5.74) is 7.99. The zero-order chi connectivity index (χ0) is 32.2. The minimum Gasteiger partial charge on any atom is -0.165 e. The van der Waals surface area contributed by atoms with E-state index in [1.807, 2.05) is 0 Å². The van der Waals surface area contributed by atoms with Crippen molar-refractivity contribution in [3.8, 4) is 22.3 Å². The summed E-state index contributed by atoms with van der Waals surface area (Å²) in [6.45, 7) is 11.0. The number of benzene rings is 6. The quantitative estimate of drug-likeness (QED) is 0.124. The van der Waals surface area contributed by atoms with Crippen molar-refractivity contribution >= 4 is 68.5 Å². The van der Waals surface area contributed by atoms with Crippen molar-refractivity contribution in [1.29, 1.82) is 0 Å². The van der Waals surface area contributed by atoms with E-state index in [0.717, 1.165) is 14.0 Å². The van der Waals surface area contributed by atoms with E-state index in [9.17, 15) is 0 Å². The molecule has 0 amide bonds. The second-order valence-electron chi connectivity index (χ2n) is 12.3. The van der Waals surface area contributed by atoms with E-state index in [1.165, 1.54) is 76.5 Å². The molecule has 8 aromatic rings. The molecule has 8 rings (SSSR count). The van der Waals surface area contributed by atoms with Gasteiger partial charge in [-0.05, 0) is 38.6 Å². The van der Waals surface area contributed by atoms with Crippen molar-refractivity contribution < 1.29 is 26.2 Å². The molecule has 0 spiro atoms. The van der Waals surface area contributed by atoms with E-state index in [-0.39, 0.29) is 26.2 Å². The SMILES string of the molecule is CC(C)c1cc2c(-c3cccc4ccccc34)cccc2[cH-]1.C[Si]C.Cc1cc2c(-c3cccc4ccccc34)ccc(Br)c2[cH-]1.[Zr+2]. The Morgan fingerprint density at radius 1 is 0.553 bits per heavy atom. The van der Waals surface area contributed by atoms with Crippen LogP contribution in [0.1, 0.15) is 30.9 Å². The number of hydrogen-bond donors (Lipinski definition) is 0. The molecule has 0 aliphatic heterocycles. The van der Waals surface area contributed by atoms with E-state index in [0.29, 0.717) is 5.92 Å². The van der Waals surface area contributed by atoms with Crippen molar-refractivity contribution in [1.82, 2.24) is 0 Å². The summed E-state index contributed by atoms with van der Waals surface area (Å²) < 4.78 is 1.16. The Labute approximate surface area is 309 Å². The molecule has 0 fully saturated rings. The maximum absolute atomic E-state index is 3.67. The molecule has 0 aliphatic carbocycles. The van der Waals surface area contributed by atoms with Crippen LogP contribution in [-0.4, -0.2) is 9.52 Å². The van der Waals surface area contributed by atoms with Gasteiger partial charge < -0.3 is 0 Å². The van der Waals surface area contributed by atoms with E-state index in [4.69, 9.17) is 0 Å². The van der Waals surface area contributed by atoms with Crippen LogP contribution in [0.5, 0.6) is 0 Å². The Kier molecular flexibility index (Phi) is 11.7. The van der Waals surface area contributed by atoms with Gasteiger partial charge in [0.05, 0.1) is 0 Å². The number of hydrogen-bond acceptors (Lipinski definition) is 0. The summed E-state index contributed by atoms with van der Waals surface area (Å²) >= 11 is 3.67. The van der Waals surface area contributed by atoms with Crippen LogP contribution in [0.2, 0.25) is 13.1 Å². The zero-order valence-corrected chi connectivity index (χ0v) is 32.8. The molecule has 0 heterocycles. The Balaban J connectivity index is 0.000000167. The molecule has 0 N–H and O–H groups in total. The predicted molar refractivity (Wildman–Crippen MR) is 209 cm³/mol. The van der Waals surface area contributed by atoms with Crippen LogP contribution >= 0.6 is 15.9 Å². The Bertz CT molecular complexity index is 2260. The maximum Gasteiger partial charge on any atom is 2.00 e. The van der Waals surface area contributed by atoms with Gasteiger partial charge in [-0.1, -0.05) is 153 Å². The summed E-state index contributed by atoms with van der Waals surface area (Å²) in [5.74, 6) is 0.563. The average molecular weight is 767 g/mol. The smallest absolute Gasteiger partial charge is 0.165 e. The summed E-state index contributed by atoms with van der Waals surface area (Å²) in [6.07, 6.45) is 0. The molecule has 8 aromatic carbocycles. The number of fused-ring (bicyclic) bond motifs is 4. The molecular formula is C44H39BrSiZr. The van der Waals surface area contributed by atoms with Crippen LogP contribution in [0.4, 0.5) is 0 Å². The van der Waals surface area contributed by atoms with Crippen molar-refractivity contribution in [2.24, 2.45) is 0 Å². The Morgan fingerprint density at radius 2 is 1.04 bits per heavy atom. The Morgan fingerprint density at radius 3 is 1.62 bits per heavy atom.